The molecule has 2 aliphatic rings. The Bertz CT molecular complexity index is 1380. The maximum absolute atomic E-state index is 15.4. The van der Waals surface area contributed by atoms with Gasteiger partial charge in [0, 0.05) is 11.1 Å². The van der Waals surface area contributed by atoms with Crippen LogP contribution in [0.3, 0.4) is 0 Å². The lowest BCUT2D eigenvalue weighted by atomic mass is 9.70. The first-order valence-electron chi connectivity index (χ1n) is 17.5. The van der Waals surface area contributed by atoms with E-state index in [1.807, 2.05) is 31.2 Å². The van der Waals surface area contributed by atoms with E-state index >= 15 is 4.39 Å². The van der Waals surface area contributed by atoms with E-state index in [-0.39, 0.29) is 11.4 Å². The molecule has 0 radical (unpaired) electrons. The maximum Gasteiger partial charge on any atom is 0.166 e. The van der Waals surface area contributed by atoms with E-state index in [0.717, 1.165) is 72.1 Å². The van der Waals surface area contributed by atoms with Gasteiger partial charge in [-0.3, -0.25) is 0 Å². The zero-order chi connectivity index (χ0) is 30.9. The van der Waals surface area contributed by atoms with Crippen molar-refractivity contribution in [2.45, 2.75) is 117 Å². The van der Waals surface area contributed by atoms with Gasteiger partial charge in [0.25, 0.3) is 0 Å². The summed E-state index contributed by atoms with van der Waals surface area (Å²) in [6.07, 6.45) is 21.7. The van der Waals surface area contributed by atoms with Crippen molar-refractivity contribution in [2.24, 2.45) is 17.8 Å². The zero-order valence-electron chi connectivity index (χ0n) is 27.0. The number of benzene rings is 3. The molecule has 0 bridgehead atoms. The molecule has 2 aliphatic carbocycles. The number of unbranched alkanes of at least 4 members (excludes halogenated alkanes) is 5. The van der Waals surface area contributed by atoms with Gasteiger partial charge in [-0.25, -0.2) is 13.2 Å². The van der Waals surface area contributed by atoms with Crippen LogP contribution in [-0.2, 0) is 6.42 Å². The molecule has 0 spiro atoms. The van der Waals surface area contributed by atoms with Crippen molar-refractivity contribution in [1.29, 1.82) is 0 Å². The Hall–Kier alpha value is -2.81. The number of hydrogen-bond acceptors (Lipinski definition) is 0. The molecular weight excluding hydrogens is 549 g/mol. The van der Waals surface area contributed by atoms with Crippen LogP contribution in [0.5, 0.6) is 0 Å². The second-order valence-electron chi connectivity index (χ2n) is 13.5. The molecule has 0 saturated heterocycles. The molecule has 3 aromatic rings. The molecule has 0 amide bonds. The minimum Gasteiger partial charge on any atom is -0.206 e. The molecule has 0 aromatic heterocycles. The van der Waals surface area contributed by atoms with Crippen molar-refractivity contribution in [3.63, 3.8) is 0 Å². The highest BCUT2D eigenvalue weighted by Crippen LogP contribution is 2.43. The largest absolute Gasteiger partial charge is 0.206 e. The summed E-state index contributed by atoms with van der Waals surface area (Å²) >= 11 is 0. The Morgan fingerprint density at radius 1 is 0.614 bits per heavy atom. The average molecular weight is 601 g/mol. The Morgan fingerprint density at radius 3 is 1.98 bits per heavy atom. The summed E-state index contributed by atoms with van der Waals surface area (Å²) in [5.41, 5.74) is 4.79. The van der Waals surface area contributed by atoms with Gasteiger partial charge in [0.1, 0.15) is 5.82 Å². The molecule has 5 rings (SSSR count). The Balaban J connectivity index is 1.16. The van der Waals surface area contributed by atoms with E-state index in [2.05, 4.69) is 13.0 Å². The second kappa shape index (κ2) is 16.0. The number of aryl methyl sites for hydroxylation is 1. The van der Waals surface area contributed by atoms with Crippen LogP contribution in [0.15, 0.2) is 60.7 Å². The first kappa shape index (κ1) is 32.6. The summed E-state index contributed by atoms with van der Waals surface area (Å²) in [5, 5.41) is 0. The van der Waals surface area contributed by atoms with Gasteiger partial charge >= 0.3 is 0 Å². The van der Waals surface area contributed by atoms with Gasteiger partial charge in [0.05, 0.1) is 0 Å². The van der Waals surface area contributed by atoms with Crippen molar-refractivity contribution in [3.8, 4) is 22.3 Å². The summed E-state index contributed by atoms with van der Waals surface area (Å²) in [6, 6.07) is 16.2. The zero-order valence-corrected chi connectivity index (χ0v) is 27.0. The highest BCUT2D eigenvalue weighted by Gasteiger charge is 2.29. The molecular formula is C41H51F3. The third-order valence-corrected chi connectivity index (χ3v) is 10.5. The van der Waals surface area contributed by atoms with Gasteiger partial charge < -0.3 is 0 Å². The lowest BCUT2D eigenvalue weighted by Gasteiger charge is -2.35. The van der Waals surface area contributed by atoms with Gasteiger partial charge in [-0.15, -0.1) is 0 Å². The summed E-state index contributed by atoms with van der Waals surface area (Å²) in [5.74, 6) is 0.783. The van der Waals surface area contributed by atoms with Crippen LogP contribution in [-0.4, -0.2) is 0 Å². The van der Waals surface area contributed by atoms with Gasteiger partial charge in [-0.05, 0) is 96.6 Å². The number of halogens is 3. The standard InChI is InChI=1S/C41H51F3/c1-3-5-7-8-9-10-29-12-14-30(15-13-29)31-16-20-33(21-17-31)37-26-25-36(28-39(37)42)32-18-22-34(23-19-32)38-27-24-35(11-6-4-2)40(43)41(38)44/h18-20,22-31H,3-17,21H2,1-2H3. The average Bonchev–Trinajstić information content (AvgIpc) is 3.06. The number of rotatable bonds is 13. The highest BCUT2D eigenvalue weighted by atomic mass is 19.2. The molecule has 3 aromatic carbocycles. The quantitative estimate of drug-likeness (QED) is 0.171. The predicted molar refractivity (Wildman–Crippen MR) is 180 cm³/mol. The third kappa shape index (κ3) is 8.06. The molecule has 1 atom stereocenters. The molecule has 0 N–H and O–H groups in total. The molecule has 3 heteroatoms. The maximum atomic E-state index is 15.4. The predicted octanol–water partition coefficient (Wildman–Crippen LogP) is 13.1. The fourth-order valence-electron chi connectivity index (χ4n) is 7.68. The highest BCUT2D eigenvalue weighted by molar-refractivity contribution is 5.74. The van der Waals surface area contributed by atoms with Gasteiger partial charge in [0.15, 0.2) is 11.6 Å². The van der Waals surface area contributed by atoms with E-state index in [1.165, 1.54) is 64.2 Å². The van der Waals surface area contributed by atoms with Crippen LogP contribution in [0.1, 0.15) is 121 Å². The van der Waals surface area contributed by atoms with E-state index in [0.29, 0.717) is 17.5 Å². The number of hydrogen-bond donors (Lipinski definition) is 0. The molecule has 0 nitrogen and oxygen atoms in total. The van der Waals surface area contributed by atoms with Crippen molar-refractivity contribution >= 4 is 5.57 Å². The van der Waals surface area contributed by atoms with E-state index in [1.54, 1.807) is 30.3 Å². The van der Waals surface area contributed by atoms with Crippen LogP contribution in [0, 0.1) is 35.2 Å². The molecule has 1 fully saturated rings. The molecule has 236 valence electrons. The normalized spacial score (nSPS) is 20.5. The Labute approximate surface area is 264 Å². The van der Waals surface area contributed by atoms with E-state index < -0.39 is 11.6 Å². The van der Waals surface area contributed by atoms with Crippen LogP contribution in [0.2, 0.25) is 0 Å². The smallest absolute Gasteiger partial charge is 0.166 e. The topological polar surface area (TPSA) is 0 Å². The summed E-state index contributed by atoms with van der Waals surface area (Å²) in [7, 11) is 0. The molecule has 1 saturated carbocycles. The SMILES string of the molecule is CCCCCCCC1CCC(C2CC=C(c3ccc(-c4ccc(-c5ccc(CCCC)c(F)c5F)cc4)cc3F)CC2)CC1. The van der Waals surface area contributed by atoms with Crippen molar-refractivity contribution < 1.29 is 13.2 Å². The summed E-state index contributed by atoms with van der Waals surface area (Å²) in [4.78, 5) is 0. The number of allylic oxidation sites excluding steroid dienone is 2. The van der Waals surface area contributed by atoms with Crippen molar-refractivity contribution in [2.75, 3.05) is 0 Å². The van der Waals surface area contributed by atoms with Crippen LogP contribution in [0.25, 0.3) is 27.8 Å². The van der Waals surface area contributed by atoms with Crippen molar-refractivity contribution in [1.82, 2.24) is 0 Å². The van der Waals surface area contributed by atoms with Gasteiger partial charge in [-0.2, -0.15) is 0 Å². The van der Waals surface area contributed by atoms with E-state index in [4.69, 9.17) is 0 Å². The molecule has 0 heterocycles. The van der Waals surface area contributed by atoms with E-state index in [9.17, 15) is 8.78 Å². The molecule has 1 unspecified atom stereocenters. The first-order chi connectivity index (χ1) is 21.5. The van der Waals surface area contributed by atoms with Crippen molar-refractivity contribution in [3.05, 3.63) is 89.3 Å². The minimum absolute atomic E-state index is 0.188. The fourth-order valence-corrected chi connectivity index (χ4v) is 7.68. The minimum atomic E-state index is -0.800. The first-order valence-corrected chi connectivity index (χ1v) is 17.5. The second-order valence-corrected chi connectivity index (χ2v) is 13.5. The fraction of sp³-hybridized carbons (Fsp3) is 0.512. The third-order valence-electron chi connectivity index (χ3n) is 10.5. The van der Waals surface area contributed by atoms with Gasteiger partial charge in [0.2, 0.25) is 0 Å². The Morgan fingerprint density at radius 2 is 1.30 bits per heavy atom. The molecule has 0 aliphatic heterocycles. The lowest BCUT2D eigenvalue weighted by molar-refractivity contribution is 0.187. The van der Waals surface area contributed by atoms with Crippen LogP contribution < -0.4 is 0 Å². The summed E-state index contributed by atoms with van der Waals surface area (Å²) < 4.78 is 44.9. The summed E-state index contributed by atoms with van der Waals surface area (Å²) in [6.45, 7) is 4.32. The van der Waals surface area contributed by atoms with Crippen LogP contribution in [0.4, 0.5) is 13.2 Å². The monoisotopic (exact) mass is 600 g/mol. The Kier molecular flexibility index (Phi) is 11.8. The van der Waals surface area contributed by atoms with Crippen LogP contribution >= 0.6 is 0 Å². The van der Waals surface area contributed by atoms with Gasteiger partial charge in [-0.1, -0.05) is 126 Å². The lowest BCUT2D eigenvalue weighted by Crippen LogP contribution is -2.23. The molecule has 44 heavy (non-hydrogen) atoms.